The SMILES string of the molecule is CC(C)(O)[C@@H](O)CC(=O)[C@](C)(O)[C@H]1[C@H](O)C[C@@]2(C)[C@@H]3CC=C4[C@@H](CC(=O)[C@@H](O)C4(C)C)[C@]3(C)C(=O)C[C@]12C. The van der Waals surface area contributed by atoms with Crippen molar-refractivity contribution in [1.82, 2.24) is 0 Å². The zero-order chi connectivity index (χ0) is 29.0. The Morgan fingerprint density at radius 3 is 2.18 bits per heavy atom. The van der Waals surface area contributed by atoms with Gasteiger partial charge >= 0.3 is 0 Å². The zero-order valence-electron chi connectivity index (χ0n) is 24.0. The van der Waals surface area contributed by atoms with Gasteiger partial charge in [0.1, 0.15) is 17.5 Å². The van der Waals surface area contributed by atoms with Gasteiger partial charge in [-0.25, -0.2) is 0 Å². The van der Waals surface area contributed by atoms with Crippen molar-refractivity contribution < 1.29 is 39.9 Å². The molecule has 0 unspecified atom stereocenters. The van der Waals surface area contributed by atoms with E-state index in [2.05, 4.69) is 6.08 Å². The third kappa shape index (κ3) is 3.70. The maximum atomic E-state index is 14.2. The predicted molar refractivity (Wildman–Crippen MR) is 140 cm³/mol. The highest BCUT2D eigenvalue weighted by Gasteiger charge is 2.74. The molecule has 0 aromatic rings. The fourth-order valence-corrected chi connectivity index (χ4v) is 9.16. The summed E-state index contributed by atoms with van der Waals surface area (Å²) in [5.74, 6) is -2.60. The molecule has 0 aromatic carbocycles. The normalized spacial score (nSPS) is 44.9. The lowest BCUT2D eigenvalue weighted by atomic mass is 9.38. The summed E-state index contributed by atoms with van der Waals surface area (Å²) in [5, 5.41) is 54.2. The summed E-state index contributed by atoms with van der Waals surface area (Å²) in [6.45, 7) is 13.6. The topological polar surface area (TPSA) is 152 Å². The van der Waals surface area contributed by atoms with Crippen LogP contribution in [0, 0.1) is 39.4 Å². The Kier molecular flexibility index (Phi) is 6.63. The third-order valence-electron chi connectivity index (χ3n) is 11.8. The first-order valence-electron chi connectivity index (χ1n) is 13.9. The quantitative estimate of drug-likeness (QED) is 0.336. The smallest absolute Gasteiger partial charge is 0.167 e. The molecule has 0 bridgehead atoms. The van der Waals surface area contributed by atoms with Gasteiger partial charge in [0.25, 0.3) is 0 Å². The first-order chi connectivity index (χ1) is 17.1. The molecule has 214 valence electrons. The number of carbonyl (C=O) groups excluding carboxylic acids is 3. The lowest BCUT2D eigenvalue weighted by Gasteiger charge is -2.64. The van der Waals surface area contributed by atoms with Gasteiger partial charge in [0.05, 0.1) is 17.8 Å². The van der Waals surface area contributed by atoms with Gasteiger partial charge in [0.15, 0.2) is 11.6 Å². The summed E-state index contributed by atoms with van der Waals surface area (Å²) < 4.78 is 0. The van der Waals surface area contributed by atoms with E-state index in [0.717, 1.165) is 5.57 Å². The summed E-state index contributed by atoms with van der Waals surface area (Å²) >= 11 is 0. The van der Waals surface area contributed by atoms with Crippen LogP contribution in [0.4, 0.5) is 0 Å². The van der Waals surface area contributed by atoms with Crippen molar-refractivity contribution in [2.75, 3.05) is 0 Å². The van der Waals surface area contributed by atoms with Gasteiger partial charge in [-0.2, -0.15) is 0 Å². The number of aliphatic hydroxyl groups excluding tert-OH is 3. The minimum atomic E-state index is -2.05. The van der Waals surface area contributed by atoms with E-state index in [1.807, 2.05) is 34.6 Å². The van der Waals surface area contributed by atoms with Crippen LogP contribution >= 0.6 is 0 Å². The Bertz CT molecular complexity index is 1080. The van der Waals surface area contributed by atoms with Crippen LogP contribution in [0.3, 0.4) is 0 Å². The molecular formula is C30H46O8. The number of ketones is 3. The summed E-state index contributed by atoms with van der Waals surface area (Å²) in [6.07, 6.45) is -1.12. The second-order valence-electron chi connectivity index (χ2n) is 14.7. The lowest BCUT2D eigenvalue weighted by Crippen LogP contribution is -2.65. The Hall–Kier alpha value is -1.45. The van der Waals surface area contributed by atoms with Crippen LogP contribution in [-0.2, 0) is 14.4 Å². The number of allylic oxidation sites excluding steroid dienone is 1. The number of hydrogen-bond acceptors (Lipinski definition) is 8. The lowest BCUT2D eigenvalue weighted by molar-refractivity contribution is -0.185. The first-order valence-corrected chi connectivity index (χ1v) is 13.9. The number of carbonyl (C=O) groups is 3. The van der Waals surface area contributed by atoms with E-state index >= 15 is 0 Å². The monoisotopic (exact) mass is 534 g/mol. The second kappa shape index (κ2) is 8.53. The van der Waals surface area contributed by atoms with Gasteiger partial charge < -0.3 is 25.5 Å². The molecule has 0 heterocycles. The summed E-state index contributed by atoms with van der Waals surface area (Å²) in [4.78, 5) is 40.5. The molecule has 4 aliphatic rings. The van der Waals surface area contributed by atoms with Crippen molar-refractivity contribution in [2.45, 2.75) is 117 Å². The van der Waals surface area contributed by atoms with Crippen molar-refractivity contribution in [3.63, 3.8) is 0 Å². The molecule has 8 nitrogen and oxygen atoms in total. The van der Waals surface area contributed by atoms with Crippen LogP contribution < -0.4 is 0 Å². The van der Waals surface area contributed by atoms with Gasteiger partial charge in [-0.1, -0.05) is 46.3 Å². The maximum absolute atomic E-state index is 14.2. The van der Waals surface area contributed by atoms with Crippen LogP contribution in [0.1, 0.15) is 87.5 Å². The van der Waals surface area contributed by atoms with E-state index in [9.17, 15) is 39.9 Å². The minimum Gasteiger partial charge on any atom is -0.393 e. The molecule has 8 heteroatoms. The van der Waals surface area contributed by atoms with Gasteiger partial charge in [-0.15, -0.1) is 0 Å². The van der Waals surface area contributed by atoms with Crippen molar-refractivity contribution in [1.29, 1.82) is 0 Å². The van der Waals surface area contributed by atoms with Crippen molar-refractivity contribution in [3.05, 3.63) is 11.6 Å². The highest BCUT2D eigenvalue weighted by atomic mass is 16.3. The highest BCUT2D eigenvalue weighted by molar-refractivity contribution is 5.93. The van der Waals surface area contributed by atoms with Crippen molar-refractivity contribution >= 4 is 17.3 Å². The molecule has 10 atom stereocenters. The Balaban J connectivity index is 1.77. The van der Waals surface area contributed by atoms with Gasteiger partial charge in [0.2, 0.25) is 0 Å². The first kappa shape index (κ1) is 29.5. The van der Waals surface area contributed by atoms with Gasteiger partial charge in [0, 0.05) is 36.0 Å². The molecule has 0 saturated heterocycles. The maximum Gasteiger partial charge on any atom is 0.167 e. The van der Waals surface area contributed by atoms with Crippen LogP contribution in [0.25, 0.3) is 0 Å². The van der Waals surface area contributed by atoms with Gasteiger partial charge in [-0.05, 0) is 56.3 Å². The Morgan fingerprint density at radius 1 is 1.05 bits per heavy atom. The molecule has 4 aliphatic carbocycles. The minimum absolute atomic E-state index is 0.0245. The molecule has 3 saturated carbocycles. The van der Waals surface area contributed by atoms with Crippen molar-refractivity contribution in [3.8, 4) is 0 Å². The molecule has 5 N–H and O–H groups in total. The summed E-state index contributed by atoms with van der Waals surface area (Å²) in [5.41, 5.74) is -5.93. The zero-order valence-corrected chi connectivity index (χ0v) is 24.0. The molecule has 0 radical (unpaired) electrons. The largest absolute Gasteiger partial charge is 0.393 e. The number of rotatable bonds is 5. The molecule has 0 aliphatic heterocycles. The number of Topliss-reactive ketones (excluding diaryl/α,β-unsaturated/α-hetero) is 3. The molecular weight excluding hydrogens is 488 g/mol. The standard InChI is InChI=1S/C30H46O8/c1-25(2)15-9-10-19-27(5)13-18(32)23(30(8,38)21(34)12-20(33)26(3,4)37)28(27,6)14-22(35)29(19,7)16(15)11-17(31)24(25)36/h9,16,18-20,23-24,32-33,36-38H,10-14H2,1-8H3/t16-,18-,19+,20+,23+,24-,27+,28-,29+,30+/m1/s1. The molecule has 0 spiro atoms. The van der Waals surface area contributed by atoms with Gasteiger partial charge in [-0.3, -0.25) is 14.4 Å². The summed E-state index contributed by atoms with van der Waals surface area (Å²) in [7, 11) is 0. The van der Waals surface area contributed by atoms with E-state index in [1.165, 1.54) is 20.8 Å². The third-order valence-corrected chi connectivity index (χ3v) is 11.8. The fraction of sp³-hybridized carbons (Fsp3) is 0.833. The van der Waals surface area contributed by atoms with E-state index in [1.54, 1.807) is 0 Å². The fourth-order valence-electron chi connectivity index (χ4n) is 9.16. The second-order valence-corrected chi connectivity index (χ2v) is 14.7. The molecule has 0 amide bonds. The van der Waals surface area contributed by atoms with E-state index < -0.39 is 69.3 Å². The Morgan fingerprint density at radius 2 is 1.63 bits per heavy atom. The van der Waals surface area contributed by atoms with E-state index in [0.29, 0.717) is 6.42 Å². The summed E-state index contributed by atoms with van der Waals surface area (Å²) in [6, 6.07) is 0. The van der Waals surface area contributed by atoms with Crippen LogP contribution in [0.2, 0.25) is 0 Å². The number of hydrogen-bond donors (Lipinski definition) is 5. The van der Waals surface area contributed by atoms with E-state index in [4.69, 9.17) is 0 Å². The average molecular weight is 535 g/mol. The molecule has 3 fully saturated rings. The van der Waals surface area contributed by atoms with Crippen LogP contribution in [0.5, 0.6) is 0 Å². The van der Waals surface area contributed by atoms with E-state index in [-0.39, 0.29) is 42.7 Å². The molecule has 38 heavy (non-hydrogen) atoms. The number of fused-ring (bicyclic) bond motifs is 5. The Labute approximate surface area is 225 Å². The van der Waals surface area contributed by atoms with Crippen molar-refractivity contribution in [2.24, 2.45) is 39.4 Å². The number of aliphatic hydroxyl groups is 5. The highest BCUT2D eigenvalue weighted by Crippen LogP contribution is 2.74. The molecule has 4 rings (SSSR count). The molecule has 0 aromatic heterocycles. The predicted octanol–water partition coefficient (Wildman–Crippen LogP) is 2.12. The average Bonchev–Trinajstić information content (AvgIpc) is 2.97. The van der Waals surface area contributed by atoms with Crippen LogP contribution in [-0.4, -0.2) is 72.4 Å². The van der Waals surface area contributed by atoms with Crippen LogP contribution in [0.15, 0.2) is 11.6 Å².